The number of rotatable bonds is 4. The molecule has 2 aromatic carbocycles. The first-order valence-electron chi connectivity index (χ1n) is 6.91. The zero-order valence-electron chi connectivity index (χ0n) is 11.7. The molecule has 3 aromatic rings. The Morgan fingerprint density at radius 2 is 1.95 bits per heavy atom. The van der Waals surface area contributed by atoms with Gasteiger partial charge in [-0.2, -0.15) is 0 Å². The predicted molar refractivity (Wildman–Crippen MR) is 82.8 cm³/mol. The average molecular weight is 277 g/mol. The summed E-state index contributed by atoms with van der Waals surface area (Å²) in [5.41, 5.74) is 2.01. The maximum atomic E-state index is 12.7. The molecule has 0 atom stereocenters. The molecular formula is C18H15NO2. The number of carbonyl (C=O) groups is 1. The van der Waals surface area contributed by atoms with Gasteiger partial charge in [0.2, 0.25) is 0 Å². The molecule has 0 spiro atoms. The van der Waals surface area contributed by atoms with E-state index in [2.05, 4.69) is 4.98 Å². The number of para-hydroxylation sites is 1. The summed E-state index contributed by atoms with van der Waals surface area (Å²) in [7, 11) is 0. The molecule has 0 aliphatic rings. The fourth-order valence-corrected chi connectivity index (χ4v) is 2.30. The third-order valence-electron chi connectivity index (χ3n) is 3.30. The van der Waals surface area contributed by atoms with Gasteiger partial charge in [-0.25, -0.2) is 0 Å². The summed E-state index contributed by atoms with van der Waals surface area (Å²) in [5, 5.41) is 1.02. The third-order valence-corrected chi connectivity index (χ3v) is 3.30. The van der Waals surface area contributed by atoms with Gasteiger partial charge in [-0.1, -0.05) is 30.3 Å². The van der Waals surface area contributed by atoms with Crippen molar-refractivity contribution >= 4 is 16.7 Å². The normalized spacial score (nSPS) is 10.5. The molecule has 0 fully saturated rings. The van der Waals surface area contributed by atoms with Crippen LogP contribution in [-0.2, 0) is 0 Å². The average Bonchev–Trinajstić information content (AvgIpc) is 2.54. The Hall–Kier alpha value is -2.68. The molecule has 0 amide bonds. The number of ether oxygens (including phenoxy) is 1. The summed E-state index contributed by atoms with van der Waals surface area (Å²) in [6.07, 6.45) is 1.73. The van der Waals surface area contributed by atoms with Crippen molar-refractivity contribution in [2.45, 2.75) is 6.92 Å². The van der Waals surface area contributed by atoms with Crippen molar-refractivity contribution in [1.29, 1.82) is 0 Å². The minimum absolute atomic E-state index is 0.0494. The van der Waals surface area contributed by atoms with Crippen LogP contribution in [0.25, 0.3) is 10.9 Å². The van der Waals surface area contributed by atoms with Crippen LogP contribution in [0.1, 0.15) is 22.8 Å². The monoisotopic (exact) mass is 277 g/mol. The first kappa shape index (κ1) is 13.3. The molecule has 0 saturated heterocycles. The summed E-state index contributed by atoms with van der Waals surface area (Å²) >= 11 is 0. The lowest BCUT2D eigenvalue weighted by atomic mass is 10.0. The maximum absolute atomic E-state index is 12.7. The standard InChI is InChI=1S/C18H15NO2/c1-2-21-17-8-4-3-7-15(17)18(20)14-10-9-13-6-5-11-19-16(13)12-14/h3-12H,2H2,1H3. The van der Waals surface area contributed by atoms with E-state index in [1.54, 1.807) is 12.3 Å². The van der Waals surface area contributed by atoms with Gasteiger partial charge in [-0.3, -0.25) is 9.78 Å². The summed E-state index contributed by atoms with van der Waals surface area (Å²) < 4.78 is 5.53. The van der Waals surface area contributed by atoms with E-state index in [9.17, 15) is 4.79 Å². The zero-order chi connectivity index (χ0) is 14.7. The first-order valence-corrected chi connectivity index (χ1v) is 6.91. The van der Waals surface area contributed by atoms with Gasteiger partial charge < -0.3 is 4.74 Å². The fourth-order valence-electron chi connectivity index (χ4n) is 2.30. The number of hydrogen-bond donors (Lipinski definition) is 0. The lowest BCUT2D eigenvalue weighted by molar-refractivity contribution is 0.103. The fraction of sp³-hybridized carbons (Fsp3) is 0.111. The Balaban J connectivity index is 2.04. The van der Waals surface area contributed by atoms with Crippen LogP contribution < -0.4 is 4.74 Å². The number of nitrogens with zero attached hydrogens (tertiary/aromatic N) is 1. The highest BCUT2D eigenvalue weighted by Gasteiger charge is 2.14. The number of ketones is 1. The molecule has 104 valence electrons. The van der Waals surface area contributed by atoms with Crippen molar-refractivity contribution in [2.24, 2.45) is 0 Å². The molecule has 3 rings (SSSR count). The van der Waals surface area contributed by atoms with Gasteiger partial charge in [0.05, 0.1) is 17.7 Å². The van der Waals surface area contributed by atoms with Gasteiger partial charge in [0, 0.05) is 17.1 Å². The van der Waals surface area contributed by atoms with Gasteiger partial charge >= 0.3 is 0 Å². The number of carbonyl (C=O) groups excluding carboxylic acids is 1. The molecule has 0 saturated carbocycles. The summed E-state index contributed by atoms with van der Waals surface area (Å²) in [4.78, 5) is 17.0. The molecule has 0 bridgehead atoms. The molecular weight excluding hydrogens is 262 g/mol. The summed E-state index contributed by atoms with van der Waals surface area (Å²) in [6.45, 7) is 2.44. The number of benzene rings is 2. The van der Waals surface area contributed by atoms with Crippen molar-refractivity contribution < 1.29 is 9.53 Å². The van der Waals surface area contributed by atoms with Crippen LogP contribution in [0.15, 0.2) is 60.8 Å². The predicted octanol–water partition coefficient (Wildman–Crippen LogP) is 3.86. The quantitative estimate of drug-likeness (QED) is 0.680. The van der Waals surface area contributed by atoms with Gasteiger partial charge in [-0.05, 0) is 31.2 Å². The molecule has 0 radical (unpaired) electrons. The number of hydrogen-bond acceptors (Lipinski definition) is 3. The van der Waals surface area contributed by atoms with E-state index in [1.165, 1.54) is 0 Å². The van der Waals surface area contributed by atoms with Gasteiger partial charge in [0.15, 0.2) is 5.78 Å². The second kappa shape index (κ2) is 5.75. The second-order valence-electron chi connectivity index (χ2n) is 4.67. The number of fused-ring (bicyclic) bond motifs is 1. The summed E-state index contributed by atoms with van der Waals surface area (Å²) in [5.74, 6) is 0.567. The van der Waals surface area contributed by atoms with Crippen molar-refractivity contribution in [3.63, 3.8) is 0 Å². The third kappa shape index (κ3) is 2.63. The van der Waals surface area contributed by atoms with Crippen LogP contribution >= 0.6 is 0 Å². The van der Waals surface area contributed by atoms with Crippen LogP contribution in [-0.4, -0.2) is 17.4 Å². The van der Waals surface area contributed by atoms with Crippen LogP contribution in [0.2, 0.25) is 0 Å². The van der Waals surface area contributed by atoms with E-state index in [0.717, 1.165) is 10.9 Å². The van der Waals surface area contributed by atoms with E-state index >= 15 is 0 Å². The Kier molecular flexibility index (Phi) is 3.65. The zero-order valence-corrected chi connectivity index (χ0v) is 11.7. The van der Waals surface area contributed by atoms with E-state index in [0.29, 0.717) is 23.5 Å². The molecule has 1 aromatic heterocycles. The number of pyridine rings is 1. The molecule has 0 aliphatic carbocycles. The highest BCUT2D eigenvalue weighted by molar-refractivity contribution is 6.12. The highest BCUT2D eigenvalue weighted by Crippen LogP contribution is 2.23. The maximum Gasteiger partial charge on any atom is 0.196 e. The minimum atomic E-state index is -0.0494. The Bertz CT molecular complexity index is 796. The first-order chi connectivity index (χ1) is 10.3. The van der Waals surface area contributed by atoms with E-state index in [1.807, 2.05) is 55.5 Å². The molecule has 0 aliphatic heterocycles. The van der Waals surface area contributed by atoms with Crippen molar-refractivity contribution in [2.75, 3.05) is 6.61 Å². The molecule has 3 heteroatoms. The lowest BCUT2D eigenvalue weighted by Crippen LogP contribution is -2.05. The molecule has 0 unspecified atom stereocenters. The van der Waals surface area contributed by atoms with Crippen molar-refractivity contribution in [1.82, 2.24) is 4.98 Å². The Morgan fingerprint density at radius 1 is 1.10 bits per heavy atom. The Morgan fingerprint density at radius 3 is 2.81 bits per heavy atom. The highest BCUT2D eigenvalue weighted by atomic mass is 16.5. The molecule has 0 N–H and O–H groups in total. The molecule has 1 heterocycles. The van der Waals surface area contributed by atoms with Crippen LogP contribution in [0.3, 0.4) is 0 Å². The van der Waals surface area contributed by atoms with E-state index in [4.69, 9.17) is 4.74 Å². The van der Waals surface area contributed by atoms with E-state index < -0.39 is 0 Å². The minimum Gasteiger partial charge on any atom is -0.493 e. The number of aromatic nitrogens is 1. The SMILES string of the molecule is CCOc1ccccc1C(=O)c1ccc2cccnc2c1. The van der Waals surface area contributed by atoms with E-state index in [-0.39, 0.29) is 5.78 Å². The second-order valence-corrected chi connectivity index (χ2v) is 4.67. The lowest BCUT2D eigenvalue weighted by Gasteiger charge is -2.09. The van der Waals surface area contributed by atoms with Gasteiger partial charge in [0.1, 0.15) is 5.75 Å². The van der Waals surface area contributed by atoms with Crippen molar-refractivity contribution in [3.8, 4) is 5.75 Å². The van der Waals surface area contributed by atoms with Crippen molar-refractivity contribution in [3.05, 3.63) is 71.9 Å². The smallest absolute Gasteiger partial charge is 0.196 e. The van der Waals surface area contributed by atoms with Gasteiger partial charge in [0.25, 0.3) is 0 Å². The topological polar surface area (TPSA) is 39.2 Å². The molecule has 21 heavy (non-hydrogen) atoms. The Labute approximate surface area is 123 Å². The van der Waals surface area contributed by atoms with Gasteiger partial charge in [-0.15, -0.1) is 0 Å². The summed E-state index contributed by atoms with van der Waals surface area (Å²) in [6, 6.07) is 16.7. The van der Waals surface area contributed by atoms with Crippen LogP contribution in [0, 0.1) is 0 Å². The largest absolute Gasteiger partial charge is 0.493 e. The molecule has 3 nitrogen and oxygen atoms in total. The van der Waals surface area contributed by atoms with Crippen LogP contribution in [0.5, 0.6) is 5.75 Å². The van der Waals surface area contributed by atoms with Crippen LogP contribution in [0.4, 0.5) is 0 Å².